The van der Waals surface area contributed by atoms with Gasteiger partial charge in [0.2, 0.25) is 0 Å². The normalized spacial score (nSPS) is 12.7. The van der Waals surface area contributed by atoms with Crippen LogP contribution in [0.4, 0.5) is 13.2 Å². The number of carbonyl (C=O) groups excluding carboxylic acids is 1. The van der Waals surface area contributed by atoms with Crippen molar-refractivity contribution in [3.63, 3.8) is 0 Å². The Morgan fingerprint density at radius 3 is 2.38 bits per heavy atom. The van der Waals surface area contributed by atoms with E-state index in [0.29, 0.717) is 5.69 Å². The molecule has 0 saturated carbocycles. The van der Waals surface area contributed by atoms with Gasteiger partial charge in [0.15, 0.2) is 0 Å². The molecule has 1 aromatic carbocycles. The third-order valence-corrected chi connectivity index (χ3v) is 3.14. The first-order chi connectivity index (χ1) is 11.2. The summed E-state index contributed by atoms with van der Waals surface area (Å²) < 4.78 is 38.6. The zero-order valence-electron chi connectivity index (χ0n) is 12.5. The molecule has 1 aromatic heterocycles. The highest BCUT2D eigenvalue weighted by Crippen LogP contribution is 2.22. The lowest BCUT2D eigenvalue weighted by Crippen LogP contribution is -2.43. The predicted molar refractivity (Wildman–Crippen MR) is 77.9 cm³/mol. The van der Waals surface area contributed by atoms with Gasteiger partial charge in [0.05, 0.1) is 18.3 Å². The van der Waals surface area contributed by atoms with Crippen molar-refractivity contribution >= 4 is 11.9 Å². The fourth-order valence-electron chi connectivity index (χ4n) is 1.99. The second-order valence-corrected chi connectivity index (χ2v) is 5.19. The van der Waals surface area contributed by atoms with Crippen LogP contribution in [-0.2, 0) is 4.79 Å². The quantitative estimate of drug-likeness (QED) is 0.874. The molecule has 2 rings (SSSR count). The van der Waals surface area contributed by atoms with Crippen LogP contribution in [0.2, 0.25) is 0 Å². The largest absolute Gasteiger partial charge is 0.480 e. The van der Waals surface area contributed by atoms with E-state index in [0.717, 1.165) is 5.56 Å². The van der Waals surface area contributed by atoms with Crippen molar-refractivity contribution in [1.29, 1.82) is 0 Å². The molecule has 0 radical (unpaired) electrons. The van der Waals surface area contributed by atoms with E-state index in [2.05, 4.69) is 5.10 Å². The van der Waals surface area contributed by atoms with Gasteiger partial charge >= 0.3 is 12.1 Å². The number of aryl methyl sites for hydroxylation is 1. The molecule has 9 heteroatoms. The molecule has 1 amide bonds. The number of carboxylic acids is 1. The molecule has 24 heavy (non-hydrogen) atoms. The van der Waals surface area contributed by atoms with Crippen LogP contribution in [0.15, 0.2) is 36.7 Å². The van der Waals surface area contributed by atoms with E-state index in [-0.39, 0.29) is 5.56 Å². The van der Waals surface area contributed by atoms with Crippen LogP contribution in [0, 0.1) is 6.92 Å². The number of hydrogen-bond donors (Lipinski definition) is 2. The van der Waals surface area contributed by atoms with E-state index in [1.165, 1.54) is 12.1 Å². The number of carbonyl (C=O) groups is 2. The average Bonchev–Trinajstić information content (AvgIpc) is 2.92. The van der Waals surface area contributed by atoms with Gasteiger partial charge in [-0.3, -0.25) is 4.79 Å². The second kappa shape index (κ2) is 6.73. The molecule has 1 atom stereocenters. The fraction of sp³-hybridized carbons (Fsp3) is 0.267. The van der Waals surface area contributed by atoms with Gasteiger partial charge in [0.1, 0.15) is 6.04 Å². The first kappa shape index (κ1) is 17.5. The molecule has 0 bridgehead atoms. The molecular weight excluding hydrogens is 327 g/mol. The Bertz CT molecular complexity index is 738. The smallest absolute Gasteiger partial charge is 0.391 e. The number of carboxylic acid groups (broad SMARTS) is 1. The Morgan fingerprint density at radius 2 is 1.92 bits per heavy atom. The number of benzene rings is 1. The van der Waals surface area contributed by atoms with Crippen LogP contribution in [0.3, 0.4) is 0 Å². The molecule has 0 fully saturated rings. The molecule has 0 aliphatic heterocycles. The maximum atomic E-state index is 12.3. The number of amides is 1. The van der Waals surface area contributed by atoms with Crippen molar-refractivity contribution in [2.75, 3.05) is 0 Å². The van der Waals surface area contributed by atoms with Gasteiger partial charge in [-0.1, -0.05) is 0 Å². The molecule has 0 spiro atoms. The van der Waals surface area contributed by atoms with Gasteiger partial charge in [-0.05, 0) is 36.8 Å². The molecule has 2 N–H and O–H groups in total. The van der Waals surface area contributed by atoms with E-state index >= 15 is 0 Å². The molecule has 1 heterocycles. The van der Waals surface area contributed by atoms with Crippen LogP contribution in [0.25, 0.3) is 5.69 Å². The number of nitrogens with one attached hydrogen (secondary N) is 1. The highest BCUT2D eigenvalue weighted by atomic mass is 19.4. The lowest BCUT2D eigenvalue weighted by Gasteiger charge is -2.16. The van der Waals surface area contributed by atoms with E-state index in [4.69, 9.17) is 5.11 Å². The zero-order valence-corrected chi connectivity index (χ0v) is 12.5. The molecule has 0 saturated heterocycles. The van der Waals surface area contributed by atoms with Gasteiger partial charge < -0.3 is 10.4 Å². The Kier molecular flexibility index (Phi) is 4.91. The van der Waals surface area contributed by atoms with Gasteiger partial charge in [0, 0.05) is 11.8 Å². The third-order valence-electron chi connectivity index (χ3n) is 3.14. The highest BCUT2D eigenvalue weighted by molar-refractivity contribution is 5.96. The number of hydrogen-bond acceptors (Lipinski definition) is 3. The minimum absolute atomic E-state index is 0.0519. The minimum atomic E-state index is -4.70. The van der Waals surface area contributed by atoms with Crippen LogP contribution < -0.4 is 5.32 Å². The van der Waals surface area contributed by atoms with Gasteiger partial charge in [-0.15, -0.1) is 0 Å². The fourth-order valence-corrected chi connectivity index (χ4v) is 1.99. The molecule has 0 aliphatic carbocycles. The Morgan fingerprint density at radius 1 is 1.29 bits per heavy atom. The second-order valence-electron chi connectivity index (χ2n) is 5.19. The Labute approximate surface area is 134 Å². The van der Waals surface area contributed by atoms with Gasteiger partial charge in [0.25, 0.3) is 5.91 Å². The van der Waals surface area contributed by atoms with E-state index < -0.39 is 30.5 Å². The van der Waals surface area contributed by atoms with E-state index in [1.54, 1.807) is 29.2 Å². The highest BCUT2D eigenvalue weighted by Gasteiger charge is 2.36. The summed E-state index contributed by atoms with van der Waals surface area (Å²) in [6.45, 7) is 1.86. The third kappa shape index (κ3) is 4.58. The van der Waals surface area contributed by atoms with Crippen molar-refractivity contribution in [3.8, 4) is 5.69 Å². The maximum absolute atomic E-state index is 12.3. The van der Waals surface area contributed by atoms with Crippen molar-refractivity contribution < 1.29 is 27.9 Å². The summed E-state index contributed by atoms with van der Waals surface area (Å²) in [5, 5.41) is 14.8. The number of rotatable bonds is 5. The minimum Gasteiger partial charge on any atom is -0.480 e. The lowest BCUT2D eigenvalue weighted by atomic mass is 10.1. The van der Waals surface area contributed by atoms with E-state index in [1.807, 2.05) is 12.2 Å². The molecule has 6 nitrogen and oxygen atoms in total. The molecule has 1 unspecified atom stereocenters. The summed E-state index contributed by atoms with van der Waals surface area (Å²) in [5.74, 6) is -2.64. The summed E-state index contributed by atoms with van der Waals surface area (Å²) >= 11 is 0. The standard InChI is InChI=1S/C15H14F3N3O3/c1-9-7-19-21(8-9)11-4-2-10(3-5-11)13(22)20-12(14(23)24)6-15(16,17)18/h2-5,7-8,12H,6H2,1H3,(H,20,22)(H,23,24). The van der Waals surface area contributed by atoms with Crippen molar-refractivity contribution in [2.24, 2.45) is 0 Å². The predicted octanol–water partition coefficient (Wildman–Crippen LogP) is 2.32. The summed E-state index contributed by atoms with van der Waals surface area (Å²) in [6.07, 6.45) is -2.93. The van der Waals surface area contributed by atoms with E-state index in [9.17, 15) is 22.8 Å². The molecule has 0 aliphatic rings. The number of aromatic nitrogens is 2. The molecule has 128 valence electrons. The average molecular weight is 341 g/mol. The number of aliphatic carboxylic acids is 1. The first-order valence-electron chi connectivity index (χ1n) is 6.88. The van der Waals surface area contributed by atoms with Gasteiger partial charge in [-0.2, -0.15) is 18.3 Å². The van der Waals surface area contributed by atoms with Crippen molar-refractivity contribution in [1.82, 2.24) is 15.1 Å². The Balaban J connectivity index is 2.10. The number of halogens is 3. The van der Waals surface area contributed by atoms with Crippen LogP contribution in [0.1, 0.15) is 22.3 Å². The summed E-state index contributed by atoms with van der Waals surface area (Å²) in [7, 11) is 0. The summed E-state index contributed by atoms with van der Waals surface area (Å²) in [5.41, 5.74) is 1.65. The van der Waals surface area contributed by atoms with Crippen molar-refractivity contribution in [3.05, 3.63) is 47.8 Å². The Hall–Kier alpha value is -2.84. The van der Waals surface area contributed by atoms with Crippen LogP contribution >= 0.6 is 0 Å². The monoisotopic (exact) mass is 341 g/mol. The van der Waals surface area contributed by atoms with Crippen LogP contribution in [-0.4, -0.2) is 39.0 Å². The summed E-state index contributed by atoms with van der Waals surface area (Å²) in [6, 6.07) is 3.84. The maximum Gasteiger partial charge on any atom is 0.391 e. The zero-order chi connectivity index (χ0) is 17.9. The SMILES string of the molecule is Cc1cnn(-c2ccc(C(=O)NC(CC(F)(F)F)C(=O)O)cc2)c1. The summed E-state index contributed by atoms with van der Waals surface area (Å²) in [4.78, 5) is 22.8. The number of nitrogens with zero attached hydrogens (tertiary/aromatic N) is 2. The lowest BCUT2D eigenvalue weighted by molar-refractivity contribution is -0.157. The molecule has 2 aromatic rings. The van der Waals surface area contributed by atoms with Gasteiger partial charge in [-0.25, -0.2) is 9.48 Å². The molecular formula is C15H14F3N3O3. The van der Waals surface area contributed by atoms with Crippen LogP contribution in [0.5, 0.6) is 0 Å². The first-order valence-corrected chi connectivity index (χ1v) is 6.88. The topological polar surface area (TPSA) is 84.2 Å². The van der Waals surface area contributed by atoms with Crippen molar-refractivity contribution in [2.45, 2.75) is 25.6 Å². The number of alkyl halides is 3.